The fourth-order valence-electron chi connectivity index (χ4n) is 8.83. The molecule has 0 aliphatic carbocycles. The van der Waals surface area contributed by atoms with Crippen LogP contribution < -0.4 is 0 Å². The van der Waals surface area contributed by atoms with Crippen molar-refractivity contribution in [2.75, 3.05) is 13.2 Å². The number of unbranched alkanes of at least 4 members (excludes halogenated alkanes) is 30. The van der Waals surface area contributed by atoms with Crippen molar-refractivity contribution in [1.82, 2.24) is 0 Å². The van der Waals surface area contributed by atoms with Crippen LogP contribution in [0.25, 0.3) is 0 Å². The van der Waals surface area contributed by atoms with E-state index in [4.69, 9.17) is 14.2 Å². The summed E-state index contributed by atoms with van der Waals surface area (Å²) in [5.41, 5.74) is 0. The van der Waals surface area contributed by atoms with Crippen molar-refractivity contribution in [3.63, 3.8) is 0 Å². The van der Waals surface area contributed by atoms with Crippen LogP contribution in [0.4, 0.5) is 0 Å². The smallest absolute Gasteiger partial charge is 0.306 e. The van der Waals surface area contributed by atoms with Crippen LogP contribution in [0.1, 0.15) is 303 Å². The lowest BCUT2D eigenvalue weighted by atomic mass is 10.0. The van der Waals surface area contributed by atoms with Gasteiger partial charge in [0.2, 0.25) is 0 Å². The average Bonchev–Trinajstić information content (AvgIpc) is 3.41. The Morgan fingerprint density at radius 1 is 0.280 bits per heavy atom. The molecule has 1 atom stereocenters. The first kappa shape index (κ1) is 71.3. The molecule has 0 radical (unpaired) electrons. The normalized spacial score (nSPS) is 12.7. The maximum atomic E-state index is 12.8. The molecule has 0 saturated carbocycles. The maximum absolute atomic E-state index is 12.8. The van der Waals surface area contributed by atoms with Crippen LogP contribution in [0.2, 0.25) is 0 Å². The molecule has 6 nitrogen and oxygen atoms in total. The van der Waals surface area contributed by atoms with Crippen LogP contribution in [0.5, 0.6) is 0 Å². The van der Waals surface area contributed by atoms with Gasteiger partial charge in [-0.3, -0.25) is 14.4 Å². The van der Waals surface area contributed by atoms with Gasteiger partial charge in [0.25, 0.3) is 0 Å². The summed E-state index contributed by atoms with van der Waals surface area (Å²) in [4.78, 5) is 38.1. The van der Waals surface area contributed by atoms with E-state index in [2.05, 4.69) is 118 Å². The van der Waals surface area contributed by atoms with Crippen molar-refractivity contribution in [3.8, 4) is 0 Å². The molecule has 0 aromatic heterocycles. The van der Waals surface area contributed by atoms with E-state index in [9.17, 15) is 14.4 Å². The van der Waals surface area contributed by atoms with Gasteiger partial charge in [-0.2, -0.15) is 0 Å². The minimum Gasteiger partial charge on any atom is -0.462 e. The Labute approximate surface area is 464 Å². The Bertz CT molecular complexity index is 1480. The van der Waals surface area contributed by atoms with Crippen molar-refractivity contribution in [2.24, 2.45) is 0 Å². The fraction of sp³-hybridized carbons (Fsp3) is 0.725. The van der Waals surface area contributed by atoms with Gasteiger partial charge in [-0.15, -0.1) is 0 Å². The molecule has 0 aromatic rings. The van der Waals surface area contributed by atoms with E-state index in [1.165, 1.54) is 148 Å². The average molecular weight is 1040 g/mol. The highest BCUT2D eigenvalue weighted by Gasteiger charge is 2.19. The second-order valence-electron chi connectivity index (χ2n) is 20.9. The first-order valence-electron chi connectivity index (χ1n) is 31.7. The third-order valence-corrected chi connectivity index (χ3v) is 13.6. The lowest BCUT2D eigenvalue weighted by molar-refractivity contribution is -0.167. The molecule has 6 heteroatoms. The van der Waals surface area contributed by atoms with Gasteiger partial charge in [0.05, 0.1) is 0 Å². The quantitative estimate of drug-likeness (QED) is 0.0261. The minimum absolute atomic E-state index is 0.0778. The van der Waals surface area contributed by atoms with Crippen LogP contribution in [-0.4, -0.2) is 37.2 Å². The SMILES string of the molecule is CC/C=C\C/C=C\C/C=C\C/C=C\C/C=C\C/C=C\C/C=C\CCCCCCCCCCCCCC(=O)OCC(COC(=O)CCCCCCCCCCCC)OC(=O)CCCCCCC/C=C\CCCCCCC. The molecule has 0 aromatic carbocycles. The minimum atomic E-state index is -0.780. The molecule has 430 valence electrons. The third kappa shape index (κ3) is 61.1. The Morgan fingerprint density at radius 2 is 0.520 bits per heavy atom. The van der Waals surface area contributed by atoms with E-state index in [1.807, 2.05) is 0 Å². The van der Waals surface area contributed by atoms with Crippen LogP contribution >= 0.6 is 0 Å². The van der Waals surface area contributed by atoms with Gasteiger partial charge in [-0.25, -0.2) is 0 Å². The lowest BCUT2D eigenvalue weighted by Gasteiger charge is -2.18. The summed E-state index contributed by atoms with van der Waals surface area (Å²) in [6.07, 6.45) is 84.2. The van der Waals surface area contributed by atoms with Gasteiger partial charge in [-0.1, -0.05) is 279 Å². The summed E-state index contributed by atoms with van der Waals surface area (Å²) in [7, 11) is 0. The van der Waals surface area contributed by atoms with Crippen molar-refractivity contribution in [3.05, 3.63) is 97.2 Å². The monoisotopic (exact) mass is 1040 g/mol. The van der Waals surface area contributed by atoms with Gasteiger partial charge in [0, 0.05) is 19.3 Å². The fourth-order valence-corrected chi connectivity index (χ4v) is 8.83. The molecular formula is C69H118O6. The van der Waals surface area contributed by atoms with Crippen LogP contribution in [-0.2, 0) is 28.6 Å². The van der Waals surface area contributed by atoms with E-state index in [0.29, 0.717) is 19.3 Å². The number of carbonyl (C=O) groups excluding carboxylic acids is 3. The highest BCUT2D eigenvalue weighted by molar-refractivity contribution is 5.71. The largest absolute Gasteiger partial charge is 0.462 e. The molecule has 0 aliphatic heterocycles. The molecular weight excluding hydrogens is 925 g/mol. The molecule has 0 aliphatic rings. The molecule has 0 rings (SSSR count). The van der Waals surface area contributed by atoms with Crippen LogP contribution in [0.15, 0.2) is 97.2 Å². The first-order chi connectivity index (χ1) is 37.0. The van der Waals surface area contributed by atoms with E-state index in [-0.39, 0.29) is 31.1 Å². The molecule has 1 unspecified atom stereocenters. The summed E-state index contributed by atoms with van der Waals surface area (Å²) in [5, 5.41) is 0. The van der Waals surface area contributed by atoms with Crippen molar-refractivity contribution in [1.29, 1.82) is 0 Å². The summed E-state index contributed by atoms with van der Waals surface area (Å²) >= 11 is 0. The summed E-state index contributed by atoms with van der Waals surface area (Å²) in [6.45, 7) is 6.51. The second kappa shape index (κ2) is 62.9. The lowest BCUT2D eigenvalue weighted by Crippen LogP contribution is -2.30. The van der Waals surface area contributed by atoms with Gasteiger partial charge in [0.1, 0.15) is 13.2 Å². The Balaban J connectivity index is 4.15. The summed E-state index contributed by atoms with van der Waals surface area (Å²) < 4.78 is 16.9. The van der Waals surface area contributed by atoms with Crippen LogP contribution in [0.3, 0.4) is 0 Å². The van der Waals surface area contributed by atoms with Crippen molar-refractivity contribution >= 4 is 17.9 Å². The van der Waals surface area contributed by atoms with Gasteiger partial charge in [0.15, 0.2) is 6.10 Å². The molecule has 0 N–H and O–H groups in total. The summed E-state index contributed by atoms with van der Waals surface area (Å²) in [5.74, 6) is -0.883. The standard InChI is InChI=1S/C69H118O6/c1-4-7-10-13-16-19-22-24-26-27-28-29-30-31-32-33-34-35-36-37-38-39-40-41-42-43-44-46-47-50-53-56-59-62-68(71)74-65-66(64-73-67(70)61-58-55-52-49-21-18-15-12-9-6-3)75-69(72)63-60-57-54-51-48-45-25-23-20-17-14-11-8-5-2/h7,10,16,19,23-26,28-29,31-32,34-35,37-38,66H,4-6,8-9,11-15,17-18,20-22,27,30,33,36,39-65H2,1-3H3/b10-7-,19-16-,25-23-,26-24-,29-28-,32-31-,35-34-,38-37-. The van der Waals surface area contributed by atoms with Gasteiger partial charge < -0.3 is 14.2 Å². The van der Waals surface area contributed by atoms with E-state index in [1.54, 1.807) is 0 Å². The highest BCUT2D eigenvalue weighted by Crippen LogP contribution is 2.16. The van der Waals surface area contributed by atoms with E-state index < -0.39 is 6.10 Å². The first-order valence-corrected chi connectivity index (χ1v) is 31.7. The number of esters is 3. The third-order valence-electron chi connectivity index (χ3n) is 13.6. The summed E-state index contributed by atoms with van der Waals surface area (Å²) in [6, 6.07) is 0. The Morgan fingerprint density at radius 3 is 0.827 bits per heavy atom. The molecule has 0 heterocycles. The number of allylic oxidation sites excluding steroid dienone is 16. The number of carbonyl (C=O) groups is 3. The van der Waals surface area contributed by atoms with Crippen molar-refractivity contribution < 1.29 is 28.6 Å². The van der Waals surface area contributed by atoms with Crippen molar-refractivity contribution in [2.45, 2.75) is 309 Å². The van der Waals surface area contributed by atoms with Gasteiger partial charge in [-0.05, 0) is 103 Å². The predicted octanol–water partition coefficient (Wildman–Crippen LogP) is 21.7. The molecule has 0 bridgehead atoms. The molecule has 0 spiro atoms. The Kier molecular flexibility index (Phi) is 59.8. The maximum Gasteiger partial charge on any atom is 0.306 e. The Hall–Kier alpha value is -3.67. The number of hydrogen-bond acceptors (Lipinski definition) is 6. The van der Waals surface area contributed by atoms with Crippen LogP contribution in [0, 0.1) is 0 Å². The van der Waals surface area contributed by atoms with E-state index in [0.717, 1.165) is 116 Å². The molecule has 0 amide bonds. The number of rotatable bonds is 57. The predicted molar refractivity (Wildman–Crippen MR) is 325 cm³/mol. The molecule has 0 fully saturated rings. The zero-order valence-electron chi connectivity index (χ0n) is 49.3. The molecule has 75 heavy (non-hydrogen) atoms. The molecule has 0 saturated heterocycles. The van der Waals surface area contributed by atoms with Gasteiger partial charge >= 0.3 is 17.9 Å². The second-order valence-corrected chi connectivity index (χ2v) is 20.9. The topological polar surface area (TPSA) is 78.9 Å². The highest BCUT2D eigenvalue weighted by atomic mass is 16.6. The zero-order valence-corrected chi connectivity index (χ0v) is 49.3. The number of hydrogen-bond donors (Lipinski definition) is 0. The number of ether oxygens (including phenoxy) is 3. The zero-order chi connectivity index (χ0) is 54.3. The van der Waals surface area contributed by atoms with E-state index >= 15 is 0 Å².